The standard InChI is InChI=1S/C13H18N2O5S/c1-21(17,18)14-5-4-11-10(9-14)15(6-8-20-11)13(16)12-3-2-7-19-12/h2-3,7,10-11H,4-6,8-9H2,1H3/t10-,11-/m1/s1. The maximum atomic E-state index is 12.5. The van der Waals surface area contributed by atoms with Crippen LogP contribution in [0.25, 0.3) is 0 Å². The molecule has 116 valence electrons. The maximum absolute atomic E-state index is 12.5. The van der Waals surface area contributed by atoms with Gasteiger partial charge in [-0.3, -0.25) is 4.79 Å². The summed E-state index contributed by atoms with van der Waals surface area (Å²) in [5.41, 5.74) is 0. The topological polar surface area (TPSA) is 80.1 Å². The van der Waals surface area contributed by atoms with Crippen molar-refractivity contribution in [3.8, 4) is 0 Å². The summed E-state index contributed by atoms with van der Waals surface area (Å²) >= 11 is 0. The van der Waals surface area contributed by atoms with Crippen LogP contribution in [0, 0.1) is 0 Å². The van der Waals surface area contributed by atoms with Gasteiger partial charge in [-0.2, -0.15) is 4.31 Å². The second-order valence-corrected chi connectivity index (χ2v) is 7.34. The van der Waals surface area contributed by atoms with Gasteiger partial charge in [0.25, 0.3) is 5.91 Å². The third-order valence-corrected chi connectivity index (χ3v) is 5.28. The zero-order chi connectivity index (χ0) is 15.0. The van der Waals surface area contributed by atoms with Gasteiger partial charge in [-0.15, -0.1) is 0 Å². The Morgan fingerprint density at radius 1 is 1.38 bits per heavy atom. The van der Waals surface area contributed by atoms with E-state index in [-0.39, 0.29) is 30.4 Å². The van der Waals surface area contributed by atoms with E-state index in [9.17, 15) is 13.2 Å². The number of hydrogen-bond acceptors (Lipinski definition) is 5. The SMILES string of the molecule is CS(=O)(=O)N1CC[C@H]2OCCN(C(=O)c3ccco3)[C@@H]2C1. The predicted octanol–water partition coefficient (Wildman–Crippen LogP) is 0.154. The van der Waals surface area contributed by atoms with Crippen molar-refractivity contribution < 1.29 is 22.4 Å². The lowest BCUT2D eigenvalue weighted by Crippen LogP contribution is -2.61. The number of rotatable bonds is 2. The van der Waals surface area contributed by atoms with E-state index in [1.807, 2.05) is 0 Å². The highest BCUT2D eigenvalue weighted by Gasteiger charge is 2.42. The lowest BCUT2D eigenvalue weighted by Gasteiger charge is -2.46. The number of nitrogens with zero attached hydrogens (tertiary/aromatic N) is 2. The number of carbonyl (C=O) groups excluding carboxylic acids is 1. The molecular weight excluding hydrogens is 296 g/mol. The second kappa shape index (κ2) is 5.43. The second-order valence-electron chi connectivity index (χ2n) is 5.36. The first-order valence-corrected chi connectivity index (χ1v) is 8.73. The smallest absolute Gasteiger partial charge is 0.290 e. The molecule has 0 spiro atoms. The number of carbonyl (C=O) groups is 1. The van der Waals surface area contributed by atoms with Crippen molar-refractivity contribution in [1.82, 2.24) is 9.21 Å². The van der Waals surface area contributed by atoms with Crippen LogP contribution in [-0.4, -0.2) is 68.2 Å². The van der Waals surface area contributed by atoms with Crippen LogP contribution in [0.2, 0.25) is 0 Å². The van der Waals surface area contributed by atoms with Crippen LogP contribution in [0.5, 0.6) is 0 Å². The highest BCUT2D eigenvalue weighted by molar-refractivity contribution is 7.88. The zero-order valence-electron chi connectivity index (χ0n) is 11.8. The summed E-state index contributed by atoms with van der Waals surface area (Å²) in [5.74, 6) is 0.0563. The van der Waals surface area contributed by atoms with Crippen LogP contribution in [0.1, 0.15) is 17.0 Å². The quantitative estimate of drug-likeness (QED) is 0.776. The Hall–Kier alpha value is -1.38. The van der Waals surface area contributed by atoms with Crippen LogP contribution >= 0.6 is 0 Å². The average Bonchev–Trinajstić information content (AvgIpc) is 2.98. The minimum absolute atomic E-state index is 0.115. The number of amides is 1. The van der Waals surface area contributed by atoms with E-state index >= 15 is 0 Å². The molecule has 1 aromatic rings. The van der Waals surface area contributed by atoms with Crippen LogP contribution in [0.3, 0.4) is 0 Å². The van der Waals surface area contributed by atoms with E-state index in [4.69, 9.17) is 9.15 Å². The fourth-order valence-corrected chi connectivity index (χ4v) is 3.80. The van der Waals surface area contributed by atoms with Gasteiger partial charge in [-0.05, 0) is 18.6 Å². The molecule has 0 radical (unpaired) electrons. The Kier molecular flexibility index (Phi) is 3.76. The molecule has 0 unspecified atom stereocenters. The molecule has 7 nitrogen and oxygen atoms in total. The lowest BCUT2D eigenvalue weighted by molar-refractivity contribution is -0.0808. The molecule has 0 aromatic carbocycles. The van der Waals surface area contributed by atoms with Crippen LogP contribution < -0.4 is 0 Å². The maximum Gasteiger partial charge on any atom is 0.290 e. The summed E-state index contributed by atoms with van der Waals surface area (Å²) < 4.78 is 35.7. The third-order valence-electron chi connectivity index (χ3n) is 4.01. The van der Waals surface area contributed by atoms with E-state index in [1.54, 1.807) is 17.0 Å². The summed E-state index contributed by atoms with van der Waals surface area (Å²) in [7, 11) is -3.26. The molecule has 0 aliphatic carbocycles. The van der Waals surface area contributed by atoms with Crippen molar-refractivity contribution >= 4 is 15.9 Å². The number of sulfonamides is 1. The Morgan fingerprint density at radius 3 is 2.86 bits per heavy atom. The summed E-state index contributed by atoms with van der Waals surface area (Å²) in [5, 5.41) is 0. The Balaban J connectivity index is 1.82. The van der Waals surface area contributed by atoms with Gasteiger partial charge in [-0.1, -0.05) is 0 Å². The van der Waals surface area contributed by atoms with Gasteiger partial charge in [0.2, 0.25) is 10.0 Å². The molecule has 1 amide bonds. The number of piperidine rings is 1. The summed E-state index contributed by atoms with van der Waals surface area (Å²) in [6.07, 6.45) is 3.13. The van der Waals surface area contributed by atoms with Crippen molar-refractivity contribution in [2.45, 2.75) is 18.6 Å². The van der Waals surface area contributed by atoms with Gasteiger partial charge in [0, 0.05) is 19.6 Å². The Labute approximate surface area is 123 Å². The zero-order valence-corrected chi connectivity index (χ0v) is 12.6. The predicted molar refractivity (Wildman–Crippen MR) is 74.3 cm³/mol. The van der Waals surface area contributed by atoms with Crippen molar-refractivity contribution in [2.75, 3.05) is 32.5 Å². The van der Waals surface area contributed by atoms with Gasteiger partial charge >= 0.3 is 0 Å². The number of furan rings is 1. The monoisotopic (exact) mass is 314 g/mol. The number of fused-ring (bicyclic) bond motifs is 1. The Bertz CT molecular complexity index is 613. The molecular formula is C13H18N2O5S. The van der Waals surface area contributed by atoms with Gasteiger partial charge in [0.05, 0.1) is 31.3 Å². The summed E-state index contributed by atoms with van der Waals surface area (Å²) in [6.45, 7) is 1.61. The first-order chi connectivity index (χ1) is 9.97. The normalized spacial score (nSPS) is 27.4. The third kappa shape index (κ3) is 2.83. The molecule has 2 atom stereocenters. The van der Waals surface area contributed by atoms with Gasteiger partial charge in [0.15, 0.2) is 5.76 Å². The van der Waals surface area contributed by atoms with E-state index in [1.165, 1.54) is 16.8 Å². The molecule has 1 aromatic heterocycles. The molecule has 2 aliphatic rings. The van der Waals surface area contributed by atoms with E-state index in [2.05, 4.69) is 0 Å². The van der Waals surface area contributed by atoms with Crippen molar-refractivity contribution in [3.05, 3.63) is 24.2 Å². The number of hydrogen-bond donors (Lipinski definition) is 0. The fourth-order valence-electron chi connectivity index (χ4n) is 2.94. The fraction of sp³-hybridized carbons (Fsp3) is 0.615. The number of morpholine rings is 1. The summed E-state index contributed by atoms with van der Waals surface area (Å²) in [6, 6.07) is 3.01. The first-order valence-electron chi connectivity index (χ1n) is 6.88. The van der Waals surface area contributed by atoms with E-state index in [0.29, 0.717) is 26.1 Å². The minimum atomic E-state index is -3.26. The highest BCUT2D eigenvalue weighted by Crippen LogP contribution is 2.25. The largest absolute Gasteiger partial charge is 0.459 e. The average molecular weight is 314 g/mol. The van der Waals surface area contributed by atoms with E-state index in [0.717, 1.165) is 0 Å². The molecule has 2 aliphatic heterocycles. The minimum Gasteiger partial charge on any atom is -0.459 e. The van der Waals surface area contributed by atoms with Crippen LogP contribution in [0.4, 0.5) is 0 Å². The van der Waals surface area contributed by atoms with Crippen molar-refractivity contribution in [1.29, 1.82) is 0 Å². The molecule has 2 saturated heterocycles. The molecule has 2 fully saturated rings. The molecule has 0 bridgehead atoms. The summed E-state index contributed by atoms with van der Waals surface area (Å²) in [4.78, 5) is 14.2. The number of ether oxygens (including phenoxy) is 1. The lowest BCUT2D eigenvalue weighted by atomic mass is 10.00. The first kappa shape index (κ1) is 14.6. The van der Waals surface area contributed by atoms with Gasteiger partial charge in [-0.25, -0.2) is 8.42 Å². The van der Waals surface area contributed by atoms with Gasteiger partial charge < -0.3 is 14.1 Å². The van der Waals surface area contributed by atoms with Gasteiger partial charge in [0.1, 0.15) is 0 Å². The van der Waals surface area contributed by atoms with E-state index < -0.39 is 10.0 Å². The molecule has 3 heterocycles. The molecule has 0 N–H and O–H groups in total. The van der Waals surface area contributed by atoms with Crippen LogP contribution in [0.15, 0.2) is 22.8 Å². The molecule has 8 heteroatoms. The van der Waals surface area contributed by atoms with Crippen molar-refractivity contribution in [3.63, 3.8) is 0 Å². The van der Waals surface area contributed by atoms with Crippen LogP contribution in [-0.2, 0) is 14.8 Å². The molecule has 0 saturated carbocycles. The van der Waals surface area contributed by atoms with Crippen molar-refractivity contribution in [2.24, 2.45) is 0 Å². The molecule has 21 heavy (non-hydrogen) atoms. The molecule has 3 rings (SSSR count). The highest BCUT2D eigenvalue weighted by atomic mass is 32.2. The Morgan fingerprint density at radius 2 is 2.19 bits per heavy atom.